The Balaban J connectivity index is 0.00000312. The molecule has 0 aliphatic heterocycles. The molecule has 2 rings (SSSR count). The summed E-state index contributed by atoms with van der Waals surface area (Å²) in [5.74, 6) is 1.45. The first-order valence-corrected chi connectivity index (χ1v) is 7.12. The van der Waals surface area contributed by atoms with Gasteiger partial charge in [-0.05, 0) is 18.2 Å². The molecule has 0 atom stereocenters. The zero-order valence-corrected chi connectivity index (χ0v) is 15.7. The van der Waals surface area contributed by atoms with E-state index in [0.29, 0.717) is 19.0 Å². The second-order valence-electron chi connectivity index (χ2n) is 4.66. The fourth-order valence-corrected chi connectivity index (χ4v) is 1.76. The first kappa shape index (κ1) is 21.1. The average Bonchev–Trinajstić information content (AvgIpc) is 3.07. The van der Waals surface area contributed by atoms with E-state index >= 15 is 0 Å². The van der Waals surface area contributed by atoms with Crippen molar-refractivity contribution in [3.05, 3.63) is 48.0 Å². The summed E-state index contributed by atoms with van der Waals surface area (Å²) in [6.45, 7) is 1.11. The number of pyridine rings is 1. The van der Waals surface area contributed by atoms with Crippen LogP contribution in [0.15, 0.2) is 46.1 Å². The van der Waals surface area contributed by atoms with E-state index < -0.39 is 11.7 Å². The molecule has 2 aromatic heterocycles. The summed E-state index contributed by atoms with van der Waals surface area (Å²) in [6.07, 6.45) is -2.08. The zero-order valence-electron chi connectivity index (χ0n) is 13.3. The van der Waals surface area contributed by atoms with E-state index in [1.54, 1.807) is 19.4 Å². The number of nitrogens with zero attached hydrogens (tertiary/aromatic N) is 2. The predicted octanol–water partition coefficient (Wildman–Crippen LogP) is 3.06. The summed E-state index contributed by atoms with van der Waals surface area (Å²) in [7, 11) is 1.62. The normalized spacial score (nSPS) is 11.6. The number of ether oxygens (including phenoxy) is 1. The molecule has 0 radical (unpaired) electrons. The number of hydrogen-bond donors (Lipinski definition) is 2. The van der Waals surface area contributed by atoms with Gasteiger partial charge >= 0.3 is 6.18 Å². The summed E-state index contributed by atoms with van der Waals surface area (Å²) >= 11 is 0. The molecule has 0 aliphatic carbocycles. The van der Waals surface area contributed by atoms with Gasteiger partial charge in [-0.2, -0.15) is 13.2 Å². The van der Waals surface area contributed by atoms with Crippen LogP contribution in [-0.2, 0) is 12.7 Å². The Morgan fingerprint density at radius 3 is 2.64 bits per heavy atom. The summed E-state index contributed by atoms with van der Waals surface area (Å²) in [6, 6.07) is 5.74. The molecule has 25 heavy (non-hydrogen) atoms. The molecular weight excluding hydrogens is 452 g/mol. The Kier molecular flexibility index (Phi) is 8.52. The fraction of sp³-hybridized carbons (Fsp3) is 0.333. The Morgan fingerprint density at radius 1 is 1.28 bits per heavy atom. The summed E-state index contributed by atoms with van der Waals surface area (Å²) < 4.78 is 47.7. The van der Waals surface area contributed by atoms with Crippen molar-refractivity contribution < 1.29 is 22.3 Å². The standard InChI is InChI=1S/C15H17F3N4O2.HI/c1-19-14(22-10-12-3-2-7-23-12)20-6-8-24-13-5-4-11(9-21-13)15(16,17)18;/h2-5,7,9H,6,8,10H2,1H3,(H2,19,20,22);1H. The van der Waals surface area contributed by atoms with Crippen LogP contribution in [-0.4, -0.2) is 31.1 Å². The topological polar surface area (TPSA) is 71.7 Å². The van der Waals surface area contributed by atoms with Crippen molar-refractivity contribution in [3.63, 3.8) is 0 Å². The van der Waals surface area contributed by atoms with Crippen LogP contribution in [0.2, 0.25) is 0 Å². The molecule has 6 nitrogen and oxygen atoms in total. The molecule has 0 aliphatic rings. The maximum Gasteiger partial charge on any atom is 0.417 e. The van der Waals surface area contributed by atoms with Crippen molar-refractivity contribution >= 4 is 29.9 Å². The number of guanidine groups is 1. The monoisotopic (exact) mass is 470 g/mol. The highest BCUT2D eigenvalue weighted by Gasteiger charge is 2.30. The van der Waals surface area contributed by atoms with Gasteiger partial charge in [-0.25, -0.2) is 4.98 Å². The molecule has 0 fully saturated rings. The van der Waals surface area contributed by atoms with Crippen molar-refractivity contribution in [1.29, 1.82) is 0 Å². The molecule has 0 unspecified atom stereocenters. The van der Waals surface area contributed by atoms with Gasteiger partial charge in [-0.3, -0.25) is 4.99 Å². The van der Waals surface area contributed by atoms with Crippen LogP contribution >= 0.6 is 24.0 Å². The lowest BCUT2D eigenvalue weighted by atomic mass is 10.3. The molecule has 0 saturated heterocycles. The molecule has 2 aromatic rings. The highest BCUT2D eigenvalue weighted by Crippen LogP contribution is 2.29. The van der Waals surface area contributed by atoms with Gasteiger partial charge in [0.15, 0.2) is 5.96 Å². The molecule has 0 amide bonds. The van der Waals surface area contributed by atoms with Gasteiger partial charge in [0.25, 0.3) is 0 Å². The number of nitrogens with one attached hydrogen (secondary N) is 2. The van der Waals surface area contributed by atoms with Crippen LogP contribution in [0.1, 0.15) is 11.3 Å². The maximum atomic E-state index is 12.4. The number of hydrogen-bond acceptors (Lipinski definition) is 4. The Hall–Kier alpha value is -1.98. The van der Waals surface area contributed by atoms with Crippen LogP contribution in [0.25, 0.3) is 0 Å². The minimum Gasteiger partial charge on any atom is -0.476 e. The molecule has 0 spiro atoms. The number of halogens is 4. The summed E-state index contributed by atoms with van der Waals surface area (Å²) in [5.41, 5.74) is -0.810. The molecule has 0 bridgehead atoms. The first-order valence-electron chi connectivity index (χ1n) is 7.12. The molecular formula is C15H18F3IN4O2. The number of alkyl halides is 3. The van der Waals surface area contributed by atoms with E-state index in [0.717, 1.165) is 18.0 Å². The second kappa shape index (κ2) is 10.1. The number of aromatic nitrogens is 1. The zero-order chi connectivity index (χ0) is 17.4. The Labute approximate surface area is 159 Å². The number of furan rings is 1. The molecule has 138 valence electrons. The third kappa shape index (κ3) is 7.20. The van der Waals surface area contributed by atoms with E-state index in [2.05, 4.69) is 20.6 Å². The molecule has 0 aromatic carbocycles. The van der Waals surface area contributed by atoms with Crippen molar-refractivity contribution in [2.45, 2.75) is 12.7 Å². The third-order valence-corrected chi connectivity index (χ3v) is 2.94. The van der Waals surface area contributed by atoms with Gasteiger partial charge in [0, 0.05) is 19.3 Å². The van der Waals surface area contributed by atoms with Crippen LogP contribution in [0, 0.1) is 0 Å². The number of aliphatic imine (C=N–C) groups is 1. The van der Waals surface area contributed by atoms with Crippen molar-refractivity contribution in [3.8, 4) is 5.88 Å². The van der Waals surface area contributed by atoms with E-state index in [1.807, 2.05) is 6.07 Å². The van der Waals surface area contributed by atoms with Gasteiger partial charge in [0.2, 0.25) is 5.88 Å². The van der Waals surface area contributed by atoms with Crippen molar-refractivity contribution in [2.75, 3.05) is 20.2 Å². The smallest absolute Gasteiger partial charge is 0.417 e. The van der Waals surface area contributed by atoms with Gasteiger partial charge in [-0.1, -0.05) is 0 Å². The van der Waals surface area contributed by atoms with E-state index in [9.17, 15) is 13.2 Å². The third-order valence-electron chi connectivity index (χ3n) is 2.94. The van der Waals surface area contributed by atoms with Gasteiger partial charge in [-0.15, -0.1) is 24.0 Å². The van der Waals surface area contributed by atoms with Crippen LogP contribution in [0.4, 0.5) is 13.2 Å². The molecule has 0 saturated carbocycles. The maximum absolute atomic E-state index is 12.4. The average molecular weight is 470 g/mol. The fourth-order valence-electron chi connectivity index (χ4n) is 1.76. The largest absolute Gasteiger partial charge is 0.476 e. The van der Waals surface area contributed by atoms with Crippen LogP contribution in [0.5, 0.6) is 5.88 Å². The predicted molar refractivity (Wildman–Crippen MR) is 97.1 cm³/mol. The first-order chi connectivity index (χ1) is 11.5. The van der Waals surface area contributed by atoms with E-state index in [4.69, 9.17) is 9.15 Å². The molecule has 10 heteroatoms. The Bertz CT molecular complexity index is 646. The number of rotatable bonds is 6. The van der Waals surface area contributed by atoms with Gasteiger partial charge < -0.3 is 19.8 Å². The second-order valence-corrected chi connectivity index (χ2v) is 4.66. The van der Waals surface area contributed by atoms with Crippen molar-refractivity contribution in [2.24, 2.45) is 4.99 Å². The lowest BCUT2D eigenvalue weighted by Crippen LogP contribution is -2.38. The quantitative estimate of drug-likeness (QED) is 0.294. The molecule has 2 N–H and O–H groups in total. The van der Waals surface area contributed by atoms with Crippen molar-refractivity contribution in [1.82, 2.24) is 15.6 Å². The highest BCUT2D eigenvalue weighted by atomic mass is 127. The summed E-state index contributed by atoms with van der Waals surface area (Å²) in [4.78, 5) is 7.65. The van der Waals surface area contributed by atoms with Gasteiger partial charge in [0.1, 0.15) is 12.4 Å². The van der Waals surface area contributed by atoms with Crippen LogP contribution in [0.3, 0.4) is 0 Å². The lowest BCUT2D eigenvalue weighted by molar-refractivity contribution is -0.137. The molecule has 2 heterocycles. The Morgan fingerprint density at radius 2 is 2.08 bits per heavy atom. The summed E-state index contributed by atoms with van der Waals surface area (Å²) in [5, 5.41) is 6.05. The van der Waals surface area contributed by atoms with E-state index in [-0.39, 0.29) is 36.5 Å². The minimum absolute atomic E-state index is 0. The van der Waals surface area contributed by atoms with Gasteiger partial charge in [0.05, 0.1) is 24.9 Å². The SMILES string of the molecule is CN=C(NCCOc1ccc(C(F)(F)F)cn1)NCc1ccco1.I. The lowest BCUT2D eigenvalue weighted by Gasteiger charge is -2.12. The minimum atomic E-state index is -4.40. The highest BCUT2D eigenvalue weighted by molar-refractivity contribution is 14.0. The van der Waals surface area contributed by atoms with Crippen LogP contribution < -0.4 is 15.4 Å². The van der Waals surface area contributed by atoms with E-state index in [1.165, 1.54) is 6.07 Å².